The minimum absolute atomic E-state index is 0.439. The summed E-state index contributed by atoms with van der Waals surface area (Å²) in [6.45, 7) is 0. The molecular weight excluding hydrogens is 272 g/mol. The van der Waals surface area contributed by atoms with E-state index < -0.39 is 0 Å². The van der Waals surface area contributed by atoms with Gasteiger partial charge in [-0.2, -0.15) is 21.0 Å². The van der Waals surface area contributed by atoms with Crippen LogP contribution in [0.15, 0.2) is 12.1 Å². The van der Waals surface area contributed by atoms with Gasteiger partial charge in [0.2, 0.25) is 0 Å². The van der Waals surface area contributed by atoms with Gasteiger partial charge in [-0.25, -0.2) is 0 Å². The van der Waals surface area contributed by atoms with Gasteiger partial charge in [-0.05, 0) is 47.9 Å². The number of nitriles is 4. The Labute approximate surface area is 131 Å². The largest absolute Gasteiger partial charge is 0.198 e. The molecule has 0 radical (unpaired) electrons. The number of aryl methyl sites for hydroxylation is 4. The van der Waals surface area contributed by atoms with E-state index >= 15 is 0 Å². The Bertz CT molecular complexity index is 548. The molecule has 0 aliphatic heterocycles. The quantitative estimate of drug-likeness (QED) is 0.731. The molecule has 0 bridgehead atoms. The second-order valence-electron chi connectivity index (χ2n) is 5.02. The van der Waals surface area contributed by atoms with Crippen molar-refractivity contribution < 1.29 is 0 Å². The van der Waals surface area contributed by atoms with Crippen LogP contribution in [0.2, 0.25) is 0 Å². The highest BCUT2D eigenvalue weighted by Crippen LogP contribution is 2.22. The molecule has 110 valence electrons. The Morgan fingerprint density at radius 3 is 0.909 bits per heavy atom. The van der Waals surface area contributed by atoms with Gasteiger partial charge in [0.25, 0.3) is 0 Å². The van der Waals surface area contributed by atoms with Crippen LogP contribution in [0.5, 0.6) is 0 Å². The molecule has 0 saturated heterocycles. The third-order valence-electron chi connectivity index (χ3n) is 3.55. The van der Waals surface area contributed by atoms with Crippen LogP contribution in [0.25, 0.3) is 0 Å². The summed E-state index contributed by atoms with van der Waals surface area (Å²) < 4.78 is 0. The van der Waals surface area contributed by atoms with E-state index in [0.717, 1.165) is 22.3 Å². The number of benzene rings is 1. The van der Waals surface area contributed by atoms with Crippen LogP contribution < -0.4 is 0 Å². The number of rotatable bonds is 8. The van der Waals surface area contributed by atoms with Crippen molar-refractivity contribution in [1.29, 1.82) is 21.0 Å². The first-order chi connectivity index (χ1) is 10.8. The maximum absolute atomic E-state index is 8.79. The summed E-state index contributed by atoms with van der Waals surface area (Å²) in [5.41, 5.74) is 4.35. The highest BCUT2D eigenvalue weighted by Gasteiger charge is 2.10. The zero-order valence-corrected chi connectivity index (χ0v) is 12.6. The van der Waals surface area contributed by atoms with Gasteiger partial charge in [0.15, 0.2) is 0 Å². The van der Waals surface area contributed by atoms with Crippen LogP contribution in [-0.2, 0) is 25.7 Å². The standard InChI is InChI=1S/C18H18N4/c19-9-1-5-15-13-17(7-3-11-21)18(8-4-12-22)14-16(15)6-2-10-20/h13-14H,1-8H2. The minimum Gasteiger partial charge on any atom is -0.198 e. The predicted molar refractivity (Wildman–Crippen MR) is 82.2 cm³/mol. The SMILES string of the molecule is N#CCCc1cc(CCC#N)c(CCC#N)cc1CCC#N. The van der Waals surface area contributed by atoms with Gasteiger partial charge in [-0.15, -0.1) is 0 Å². The summed E-state index contributed by atoms with van der Waals surface area (Å²) in [5.74, 6) is 0. The van der Waals surface area contributed by atoms with E-state index in [4.69, 9.17) is 21.0 Å². The molecule has 0 unspecified atom stereocenters. The van der Waals surface area contributed by atoms with Gasteiger partial charge < -0.3 is 0 Å². The van der Waals surface area contributed by atoms with E-state index in [1.807, 2.05) is 0 Å². The van der Waals surface area contributed by atoms with Crippen molar-refractivity contribution in [1.82, 2.24) is 0 Å². The predicted octanol–water partition coefficient (Wildman–Crippen LogP) is 3.51. The second kappa shape index (κ2) is 9.99. The average Bonchev–Trinajstić information content (AvgIpc) is 2.55. The minimum atomic E-state index is 0.439. The monoisotopic (exact) mass is 290 g/mol. The number of hydrogen-bond acceptors (Lipinski definition) is 4. The van der Waals surface area contributed by atoms with Crippen LogP contribution in [0, 0.1) is 45.3 Å². The maximum atomic E-state index is 8.79. The van der Waals surface area contributed by atoms with Crippen LogP contribution in [0.1, 0.15) is 47.9 Å². The molecule has 0 fully saturated rings. The molecule has 0 saturated carbocycles. The van der Waals surface area contributed by atoms with Crippen LogP contribution in [0.3, 0.4) is 0 Å². The zero-order valence-electron chi connectivity index (χ0n) is 12.6. The molecular formula is C18H18N4. The molecule has 0 aliphatic carbocycles. The van der Waals surface area contributed by atoms with E-state index in [0.29, 0.717) is 51.4 Å². The molecule has 0 atom stereocenters. The number of nitrogens with zero attached hydrogens (tertiary/aromatic N) is 4. The molecule has 1 aromatic carbocycles. The fraction of sp³-hybridized carbons (Fsp3) is 0.444. The summed E-state index contributed by atoms with van der Waals surface area (Å²) in [6, 6.07) is 12.7. The molecule has 0 N–H and O–H groups in total. The lowest BCUT2D eigenvalue weighted by Gasteiger charge is -2.14. The zero-order chi connectivity index (χ0) is 16.2. The molecule has 22 heavy (non-hydrogen) atoms. The Morgan fingerprint density at radius 1 is 0.500 bits per heavy atom. The van der Waals surface area contributed by atoms with E-state index in [1.54, 1.807) is 0 Å². The molecule has 1 aromatic rings. The van der Waals surface area contributed by atoms with Crippen LogP contribution >= 0.6 is 0 Å². The Kier molecular flexibility index (Phi) is 7.82. The van der Waals surface area contributed by atoms with E-state index in [9.17, 15) is 0 Å². The van der Waals surface area contributed by atoms with Crippen LogP contribution in [0.4, 0.5) is 0 Å². The summed E-state index contributed by atoms with van der Waals surface area (Å²) >= 11 is 0. The summed E-state index contributed by atoms with van der Waals surface area (Å²) in [5, 5.41) is 35.2. The Morgan fingerprint density at radius 2 is 0.727 bits per heavy atom. The summed E-state index contributed by atoms with van der Waals surface area (Å²) in [7, 11) is 0. The van der Waals surface area contributed by atoms with Gasteiger partial charge in [0.1, 0.15) is 0 Å². The highest BCUT2D eigenvalue weighted by atomic mass is 14.3. The van der Waals surface area contributed by atoms with Gasteiger partial charge in [0.05, 0.1) is 24.3 Å². The van der Waals surface area contributed by atoms with Crippen molar-refractivity contribution in [2.45, 2.75) is 51.4 Å². The van der Waals surface area contributed by atoms with Crippen molar-refractivity contribution in [2.24, 2.45) is 0 Å². The first-order valence-electron chi connectivity index (χ1n) is 7.38. The summed E-state index contributed by atoms with van der Waals surface area (Å²) in [6.07, 6.45) is 4.41. The van der Waals surface area contributed by atoms with Gasteiger partial charge >= 0.3 is 0 Å². The smallest absolute Gasteiger partial charge is 0.0625 e. The number of hydrogen-bond donors (Lipinski definition) is 0. The fourth-order valence-corrected chi connectivity index (χ4v) is 2.48. The molecule has 0 aliphatic rings. The maximum Gasteiger partial charge on any atom is 0.0625 e. The van der Waals surface area contributed by atoms with Crippen LogP contribution in [-0.4, -0.2) is 0 Å². The molecule has 0 spiro atoms. The normalized spacial score (nSPS) is 9.27. The molecule has 4 nitrogen and oxygen atoms in total. The molecule has 0 amide bonds. The van der Waals surface area contributed by atoms with Crippen molar-refractivity contribution >= 4 is 0 Å². The van der Waals surface area contributed by atoms with Gasteiger partial charge in [0, 0.05) is 25.7 Å². The highest BCUT2D eigenvalue weighted by molar-refractivity contribution is 5.40. The summed E-state index contributed by atoms with van der Waals surface area (Å²) in [4.78, 5) is 0. The first kappa shape index (κ1) is 17.2. The lowest BCUT2D eigenvalue weighted by atomic mass is 9.90. The van der Waals surface area contributed by atoms with Gasteiger partial charge in [-0.3, -0.25) is 0 Å². The Hall–Kier alpha value is -2.82. The Balaban J connectivity index is 3.17. The molecule has 0 aromatic heterocycles. The fourth-order valence-electron chi connectivity index (χ4n) is 2.48. The third-order valence-corrected chi connectivity index (χ3v) is 3.55. The first-order valence-corrected chi connectivity index (χ1v) is 7.38. The third kappa shape index (κ3) is 5.28. The molecule has 0 heterocycles. The van der Waals surface area contributed by atoms with Crippen molar-refractivity contribution in [2.75, 3.05) is 0 Å². The lowest BCUT2D eigenvalue weighted by molar-refractivity contribution is 0.887. The van der Waals surface area contributed by atoms with Crippen molar-refractivity contribution in [3.05, 3.63) is 34.4 Å². The second-order valence-corrected chi connectivity index (χ2v) is 5.02. The van der Waals surface area contributed by atoms with E-state index in [1.165, 1.54) is 0 Å². The van der Waals surface area contributed by atoms with E-state index in [-0.39, 0.29) is 0 Å². The van der Waals surface area contributed by atoms with E-state index in [2.05, 4.69) is 36.4 Å². The molecule has 4 heteroatoms. The van der Waals surface area contributed by atoms with Gasteiger partial charge in [-0.1, -0.05) is 12.1 Å². The average molecular weight is 290 g/mol. The van der Waals surface area contributed by atoms with Crippen molar-refractivity contribution in [3.63, 3.8) is 0 Å². The lowest BCUT2D eigenvalue weighted by Crippen LogP contribution is -2.02. The topological polar surface area (TPSA) is 95.2 Å². The van der Waals surface area contributed by atoms with Crippen molar-refractivity contribution in [3.8, 4) is 24.3 Å². The molecule has 1 rings (SSSR count).